The van der Waals surface area contributed by atoms with Crippen molar-refractivity contribution in [2.75, 3.05) is 4.90 Å². The van der Waals surface area contributed by atoms with Crippen LogP contribution in [0.3, 0.4) is 0 Å². The molecule has 4 amide bonds. The van der Waals surface area contributed by atoms with E-state index in [0.717, 1.165) is 25.7 Å². The van der Waals surface area contributed by atoms with Crippen LogP contribution in [-0.4, -0.2) is 17.8 Å². The Hall–Kier alpha value is -3.65. The number of nitrogens with zero attached hydrogens (tertiary/aromatic N) is 1. The number of aryl methyl sites for hydroxylation is 1. The van der Waals surface area contributed by atoms with Gasteiger partial charge in [0, 0.05) is 10.0 Å². The fourth-order valence-electron chi connectivity index (χ4n) is 4.23. The highest BCUT2D eigenvalue weighted by molar-refractivity contribution is 9.10. The molecule has 1 N–H and O–H groups in total. The molecule has 1 saturated heterocycles. The van der Waals surface area contributed by atoms with E-state index in [2.05, 4.69) is 21.2 Å². The van der Waals surface area contributed by atoms with Crippen LogP contribution in [0.5, 0.6) is 5.75 Å². The first-order chi connectivity index (χ1) is 18.2. The van der Waals surface area contributed by atoms with Crippen molar-refractivity contribution in [3.63, 3.8) is 0 Å². The Bertz CT molecular complexity index is 1670. The number of amides is 4. The summed E-state index contributed by atoms with van der Waals surface area (Å²) in [5, 5.41) is 4.80. The van der Waals surface area contributed by atoms with E-state index in [4.69, 9.17) is 27.9 Å². The number of rotatable bonds is 5. The molecule has 190 valence electrons. The van der Waals surface area contributed by atoms with E-state index in [1.807, 2.05) is 30.3 Å². The number of carbonyl (C=O) groups is 3. The highest BCUT2D eigenvalue weighted by atomic mass is 79.9. The third-order valence-electron chi connectivity index (χ3n) is 6.10. The fraction of sp³-hybridized carbons (Fsp3) is 0.0690. The molecule has 1 aliphatic heterocycles. The van der Waals surface area contributed by atoms with Crippen LogP contribution in [0, 0.1) is 6.92 Å². The summed E-state index contributed by atoms with van der Waals surface area (Å²) < 4.78 is 6.93. The van der Waals surface area contributed by atoms with Crippen molar-refractivity contribution < 1.29 is 19.1 Å². The Morgan fingerprint density at radius 2 is 1.74 bits per heavy atom. The number of imide groups is 2. The molecular formula is C29H19BrCl2N2O4. The third kappa shape index (κ3) is 5.05. The number of anilines is 1. The van der Waals surface area contributed by atoms with Crippen molar-refractivity contribution in [1.82, 2.24) is 5.32 Å². The van der Waals surface area contributed by atoms with Gasteiger partial charge in [-0.2, -0.15) is 0 Å². The van der Waals surface area contributed by atoms with Crippen LogP contribution < -0.4 is 15.0 Å². The molecule has 4 aromatic carbocycles. The molecule has 1 heterocycles. The Kier molecular flexibility index (Phi) is 7.25. The molecule has 9 heteroatoms. The average Bonchev–Trinajstić information content (AvgIpc) is 2.88. The molecule has 0 unspecified atom stereocenters. The van der Waals surface area contributed by atoms with Crippen molar-refractivity contribution in [1.29, 1.82) is 0 Å². The zero-order valence-corrected chi connectivity index (χ0v) is 23.0. The molecule has 0 aromatic heterocycles. The van der Waals surface area contributed by atoms with Gasteiger partial charge in [-0.1, -0.05) is 75.5 Å². The summed E-state index contributed by atoms with van der Waals surface area (Å²) >= 11 is 15.6. The van der Waals surface area contributed by atoms with Gasteiger partial charge >= 0.3 is 6.03 Å². The minimum absolute atomic E-state index is 0.175. The molecule has 4 aromatic rings. The predicted octanol–water partition coefficient (Wildman–Crippen LogP) is 7.46. The van der Waals surface area contributed by atoms with Gasteiger partial charge in [-0.3, -0.25) is 14.9 Å². The maximum atomic E-state index is 13.6. The number of fused-ring (bicyclic) bond motifs is 1. The lowest BCUT2D eigenvalue weighted by atomic mass is 9.99. The summed E-state index contributed by atoms with van der Waals surface area (Å²) in [7, 11) is 0. The number of halogens is 3. The smallest absolute Gasteiger partial charge is 0.335 e. The summed E-state index contributed by atoms with van der Waals surface area (Å²) in [4.78, 5) is 40.2. The van der Waals surface area contributed by atoms with Gasteiger partial charge in [-0.25, -0.2) is 9.69 Å². The standard InChI is InChI=1S/C29H19BrCl2N2O4/c1-16-12-19(30)8-10-25(16)34-28(36)22(27(35)33-29(34)37)14-21-20-5-3-2-4-18(20)7-11-26(21)38-15-17-6-9-23(31)24(32)13-17/h2-14H,15H2,1H3,(H,33,35,37)/b22-14-. The highest BCUT2D eigenvalue weighted by Crippen LogP contribution is 2.33. The Morgan fingerprint density at radius 3 is 2.50 bits per heavy atom. The van der Waals surface area contributed by atoms with Crippen molar-refractivity contribution in [3.8, 4) is 5.75 Å². The number of nitrogens with one attached hydrogen (secondary N) is 1. The SMILES string of the molecule is Cc1cc(Br)ccc1N1C(=O)NC(=O)/C(=C/c2c(OCc3ccc(Cl)c(Cl)c3)ccc3ccccc23)C1=O. The minimum atomic E-state index is -0.809. The van der Waals surface area contributed by atoms with Crippen LogP contribution in [0.25, 0.3) is 16.8 Å². The number of hydrogen-bond donors (Lipinski definition) is 1. The molecule has 0 aliphatic carbocycles. The van der Waals surface area contributed by atoms with E-state index in [-0.39, 0.29) is 12.2 Å². The summed E-state index contributed by atoms with van der Waals surface area (Å²) in [6, 6.07) is 20.8. The first-order valence-electron chi connectivity index (χ1n) is 11.5. The molecule has 38 heavy (non-hydrogen) atoms. The van der Waals surface area contributed by atoms with Crippen molar-refractivity contribution in [2.45, 2.75) is 13.5 Å². The van der Waals surface area contributed by atoms with E-state index < -0.39 is 17.8 Å². The van der Waals surface area contributed by atoms with Crippen molar-refractivity contribution in [2.24, 2.45) is 0 Å². The van der Waals surface area contributed by atoms with Crippen molar-refractivity contribution >= 4 is 79.5 Å². The molecule has 5 rings (SSSR count). The van der Waals surface area contributed by atoms with E-state index in [9.17, 15) is 14.4 Å². The second-order valence-corrected chi connectivity index (χ2v) is 10.4. The van der Waals surface area contributed by atoms with Crippen LogP contribution in [0.4, 0.5) is 10.5 Å². The van der Waals surface area contributed by atoms with Crippen LogP contribution in [-0.2, 0) is 16.2 Å². The van der Waals surface area contributed by atoms with E-state index in [0.29, 0.717) is 32.6 Å². The van der Waals surface area contributed by atoms with Crippen molar-refractivity contribution in [3.05, 3.63) is 110 Å². The number of ether oxygens (including phenoxy) is 1. The lowest BCUT2D eigenvalue weighted by Crippen LogP contribution is -2.54. The van der Waals surface area contributed by atoms with Crippen LogP contribution >= 0.6 is 39.1 Å². The van der Waals surface area contributed by atoms with Crippen LogP contribution in [0.2, 0.25) is 10.0 Å². The highest BCUT2D eigenvalue weighted by Gasteiger charge is 2.37. The summed E-state index contributed by atoms with van der Waals surface area (Å²) in [5.74, 6) is -1.06. The molecule has 0 spiro atoms. The Labute approximate surface area is 236 Å². The first kappa shape index (κ1) is 26.0. The quantitative estimate of drug-likeness (QED) is 0.188. The first-order valence-corrected chi connectivity index (χ1v) is 13.0. The van der Waals surface area contributed by atoms with Gasteiger partial charge in [0.15, 0.2) is 0 Å². The van der Waals surface area contributed by atoms with E-state index in [1.54, 1.807) is 49.4 Å². The Morgan fingerprint density at radius 1 is 0.947 bits per heavy atom. The number of hydrogen-bond acceptors (Lipinski definition) is 4. The molecule has 1 aliphatic rings. The third-order valence-corrected chi connectivity index (χ3v) is 7.33. The van der Waals surface area contributed by atoms with Gasteiger partial charge < -0.3 is 4.74 Å². The Balaban J connectivity index is 1.58. The zero-order chi connectivity index (χ0) is 27.0. The zero-order valence-electron chi connectivity index (χ0n) is 19.9. The van der Waals surface area contributed by atoms with E-state index in [1.165, 1.54) is 6.08 Å². The molecule has 0 radical (unpaired) electrons. The lowest BCUT2D eigenvalue weighted by Gasteiger charge is -2.27. The van der Waals surface area contributed by atoms with Gasteiger partial charge in [0.1, 0.15) is 17.9 Å². The summed E-state index contributed by atoms with van der Waals surface area (Å²) in [6.07, 6.45) is 1.47. The number of urea groups is 1. The summed E-state index contributed by atoms with van der Waals surface area (Å²) in [5.41, 5.74) is 2.20. The summed E-state index contributed by atoms with van der Waals surface area (Å²) in [6.45, 7) is 1.95. The monoisotopic (exact) mass is 608 g/mol. The topological polar surface area (TPSA) is 75.7 Å². The molecule has 0 atom stereocenters. The van der Waals surface area contributed by atoms with Gasteiger partial charge in [-0.05, 0) is 71.3 Å². The second kappa shape index (κ2) is 10.6. The molecule has 0 saturated carbocycles. The maximum Gasteiger partial charge on any atom is 0.335 e. The molecule has 1 fully saturated rings. The average molecular weight is 610 g/mol. The number of carbonyl (C=O) groups excluding carboxylic acids is 3. The van der Waals surface area contributed by atoms with Gasteiger partial charge in [0.2, 0.25) is 0 Å². The van der Waals surface area contributed by atoms with E-state index >= 15 is 0 Å². The number of barbiturate groups is 1. The molecule has 0 bridgehead atoms. The van der Waals surface area contributed by atoms with Crippen LogP contribution in [0.1, 0.15) is 16.7 Å². The normalized spacial score (nSPS) is 14.8. The van der Waals surface area contributed by atoms with Crippen LogP contribution in [0.15, 0.2) is 82.8 Å². The second-order valence-electron chi connectivity index (χ2n) is 8.62. The largest absolute Gasteiger partial charge is 0.488 e. The minimum Gasteiger partial charge on any atom is -0.488 e. The number of benzene rings is 4. The molecule has 6 nitrogen and oxygen atoms in total. The fourth-order valence-corrected chi connectivity index (χ4v) is 5.03. The lowest BCUT2D eigenvalue weighted by molar-refractivity contribution is -0.122. The molecular weight excluding hydrogens is 591 g/mol. The van der Waals surface area contributed by atoms with Gasteiger partial charge in [-0.15, -0.1) is 0 Å². The maximum absolute atomic E-state index is 13.6. The van der Waals surface area contributed by atoms with Gasteiger partial charge in [0.25, 0.3) is 11.8 Å². The predicted molar refractivity (Wildman–Crippen MR) is 153 cm³/mol. The van der Waals surface area contributed by atoms with Gasteiger partial charge in [0.05, 0.1) is 15.7 Å².